The smallest absolute Gasteiger partial charge is 0.415 e. The summed E-state index contributed by atoms with van der Waals surface area (Å²) in [7, 11) is 0. The molecule has 24 heavy (non-hydrogen) atoms. The molecule has 122 valence electrons. The molecule has 0 radical (unpaired) electrons. The average molecular weight is 409 g/mol. The first-order chi connectivity index (χ1) is 11.6. The van der Waals surface area contributed by atoms with Crippen LogP contribution in [-0.2, 0) is 4.79 Å². The van der Waals surface area contributed by atoms with Crippen LogP contribution in [0.2, 0.25) is 5.02 Å². The highest BCUT2D eigenvalue weighted by Crippen LogP contribution is 2.25. The Morgan fingerprint density at radius 2 is 2.00 bits per heavy atom. The SMILES string of the molecule is O=C(COc1nnc(-c2ccccc2)o1)Nc1ccc(Br)cc1Cl. The fourth-order valence-corrected chi connectivity index (χ4v) is 2.59. The zero-order valence-corrected chi connectivity index (χ0v) is 14.5. The highest BCUT2D eigenvalue weighted by Gasteiger charge is 2.12. The average Bonchev–Trinajstić information content (AvgIpc) is 3.05. The maximum Gasteiger partial charge on any atom is 0.415 e. The predicted molar refractivity (Wildman–Crippen MR) is 93.0 cm³/mol. The van der Waals surface area contributed by atoms with Crippen molar-refractivity contribution in [1.82, 2.24) is 10.2 Å². The molecule has 1 N–H and O–H groups in total. The van der Waals surface area contributed by atoms with E-state index in [2.05, 4.69) is 31.4 Å². The molecule has 0 aliphatic heterocycles. The Balaban J connectivity index is 1.58. The van der Waals surface area contributed by atoms with Gasteiger partial charge in [-0.2, -0.15) is 0 Å². The van der Waals surface area contributed by atoms with Gasteiger partial charge in [-0.15, -0.1) is 5.10 Å². The summed E-state index contributed by atoms with van der Waals surface area (Å²) in [6.07, 6.45) is -0.0779. The van der Waals surface area contributed by atoms with Crippen LogP contribution < -0.4 is 10.1 Å². The Bertz CT molecular complexity index is 855. The Labute approximate surface area is 150 Å². The number of rotatable bonds is 5. The number of benzene rings is 2. The third kappa shape index (κ3) is 4.12. The first-order valence-corrected chi connectivity index (χ1v) is 8.05. The van der Waals surface area contributed by atoms with Crippen molar-refractivity contribution in [3.63, 3.8) is 0 Å². The van der Waals surface area contributed by atoms with Gasteiger partial charge in [-0.05, 0) is 30.3 Å². The molecule has 2 aromatic carbocycles. The molecule has 8 heteroatoms. The summed E-state index contributed by atoms with van der Waals surface area (Å²) in [5.41, 5.74) is 1.26. The van der Waals surface area contributed by atoms with Gasteiger partial charge in [-0.3, -0.25) is 4.79 Å². The van der Waals surface area contributed by atoms with Gasteiger partial charge in [0, 0.05) is 10.0 Å². The lowest BCUT2D eigenvalue weighted by molar-refractivity contribution is -0.118. The molecule has 3 rings (SSSR count). The molecule has 1 aromatic heterocycles. The zero-order chi connectivity index (χ0) is 16.9. The third-order valence-corrected chi connectivity index (χ3v) is 3.77. The molecule has 3 aromatic rings. The van der Waals surface area contributed by atoms with Gasteiger partial charge in [0.15, 0.2) is 6.61 Å². The van der Waals surface area contributed by atoms with Crippen LogP contribution >= 0.6 is 27.5 Å². The Morgan fingerprint density at radius 1 is 1.21 bits per heavy atom. The minimum absolute atomic E-state index is 0.0779. The second-order valence-electron chi connectivity index (χ2n) is 4.70. The molecule has 0 saturated carbocycles. The van der Waals surface area contributed by atoms with Crippen molar-refractivity contribution in [2.24, 2.45) is 0 Å². The summed E-state index contributed by atoms with van der Waals surface area (Å²) in [4.78, 5) is 11.9. The summed E-state index contributed by atoms with van der Waals surface area (Å²) in [5.74, 6) is -0.0688. The van der Waals surface area contributed by atoms with E-state index >= 15 is 0 Å². The molecule has 0 aliphatic carbocycles. The van der Waals surface area contributed by atoms with E-state index in [1.165, 1.54) is 0 Å². The van der Waals surface area contributed by atoms with Crippen LogP contribution in [0.1, 0.15) is 0 Å². The fraction of sp³-hybridized carbons (Fsp3) is 0.0625. The minimum Gasteiger partial charge on any atom is -0.439 e. The van der Waals surface area contributed by atoms with Crippen LogP contribution in [0.15, 0.2) is 57.4 Å². The summed E-state index contributed by atoms with van der Waals surface area (Å²) in [6, 6.07) is 14.4. The second kappa shape index (κ2) is 7.46. The Kier molecular flexibility index (Phi) is 5.12. The highest BCUT2D eigenvalue weighted by atomic mass is 79.9. The van der Waals surface area contributed by atoms with Gasteiger partial charge in [-0.1, -0.05) is 50.8 Å². The fourth-order valence-electron chi connectivity index (χ4n) is 1.87. The lowest BCUT2D eigenvalue weighted by Crippen LogP contribution is -2.20. The highest BCUT2D eigenvalue weighted by molar-refractivity contribution is 9.10. The van der Waals surface area contributed by atoms with Gasteiger partial charge in [-0.25, -0.2) is 0 Å². The van der Waals surface area contributed by atoms with E-state index in [0.717, 1.165) is 10.0 Å². The van der Waals surface area contributed by atoms with Gasteiger partial charge >= 0.3 is 6.08 Å². The van der Waals surface area contributed by atoms with Crippen molar-refractivity contribution in [2.45, 2.75) is 0 Å². The van der Waals surface area contributed by atoms with Crippen molar-refractivity contribution < 1.29 is 13.9 Å². The van der Waals surface area contributed by atoms with Gasteiger partial charge in [0.05, 0.1) is 10.7 Å². The number of carbonyl (C=O) groups excluding carboxylic acids is 1. The second-order valence-corrected chi connectivity index (χ2v) is 6.02. The minimum atomic E-state index is -0.390. The number of halogens is 2. The van der Waals surface area contributed by atoms with Crippen molar-refractivity contribution in [3.05, 3.63) is 58.0 Å². The first kappa shape index (κ1) is 16.5. The number of carbonyl (C=O) groups is 1. The van der Waals surface area contributed by atoms with E-state index in [0.29, 0.717) is 16.6 Å². The number of aromatic nitrogens is 2. The van der Waals surface area contributed by atoms with Crippen molar-refractivity contribution in [2.75, 3.05) is 11.9 Å². The largest absolute Gasteiger partial charge is 0.439 e. The number of anilines is 1. The quantitative estimate of drug-likeness (QED) is 0.685. The van der Waals surface area contributed by atoms with Crippen LogP contribution in [0.5, 0.6) is 6.08 Å². The predicted octanol–water partition coefficient (Wildman–Crippen LogP) is 4.17. The van der Waals surface area contributed by atoms with Crippen LogP contribution in [0, 0.1) is 0 Å². The lowest BCUT2D eigenvalue weighted by Gasteiger charge is -2.07. The summed E-state index contributed by atoms with van der Waals surface area (Å²) in [5, 5.41) is 10.7. The van der Waals surface area contributed by atoms with Gasteiger partial charge in [0.2, 0.25) is 0 Å². The number of hydrogen-bond donors (Lipinski definition) is 1. The van der Waals surface area contributed by atoms with Crippen molar-refractivity contribution in [1.29, 1.82) is 0 Å². The molecule has 0 spiro atoms. The third-order valence-electron chi connectivity index (χ3n) is 2.96. The van der Waals surface area contributed by atoms with Crippen molar-refractivity contribution in [3.8, 4) is 17.5 Å². The number of ether oxygens (including phenoxy) is 1. The summed E-state index contributed by atoms with van der Waals surface area (Å²) in [6.45, 7) is -0.275. The van der Waals surface area contributed by atoms with E-state index in [-0.39, 0.29) is 12.7 Å². The van der Waals surface area contributed by atoms with Crippen LogP contribution in [0.3, 0.4) is 0 Å². The monoisotopic (exact) mass is 407 g/mol. The summed E-state index contributed by atoms with van der Waals surface area (Å²) >= 11 is 9.33. The van der Waals surface area contributed by atoms with Crippen LogP contribution in [0.25, 0.3) is 11.5 Å². The molecule has 0 atom stereocenters. The standard InChI is InChI=1S/C16H11BrClN3O3/c17-11-6-7-13(12(18)8-11)19-14(22)9-23-16-21-20-15(24-16)10-4-2-1-3-5-10/h1-8H,9H2,(H,19,22). The molecular formula is C16H11BrClN3O3. The van der Waals surface area contributed by atoms with E-state index in [1.54, 1.807) is 18.2 Å². The number of hydrogen-bond acceptors (Lipinski definition) is 5. The Morgan fingerprint density at radius 3 is 2.75 bits per heavy atom. The number of nitrogens with one attached hydrogen (secondary N) is 1. The molecule has 0 fully saturated rings. The van der Waals surface area contributed by atoms with E-state index in [4.69, 9.17) is 20.8 Å². The maximum atomic E-state index is 11.9. The van der Waals surface area contributed by atoms with Crippen molar-refractivity contribution >= 4 is 39.1 Å². The zero-order valence-electron chi connectivity index (χ0n) is 12.2. The molecule has 0 unspecified atom stereocenters. The lowest BCUT2D eigenvalue weighted by atomic mass is 10.2. The Hall–Kier alpha value is -2.38. The van der Waals surface area contributed by atoms with Gasteiger partial charge in [0.1, 0.15) is 0 Å². The molecule has 0 bridgehead atoms. The molecule has 0 saturated heterocycles. The van der Waals surface area contributed by atoms with E-state index in [9.17, 15) is 4.79 Å². The van der Waals surface area contributed by atoms with Gasteiger partial charge in [0.25, 0.3) is 11.8 Å². The molecule has 1 heterocycles. The van der Waals surface area contributed by atoms with Crippen LogP contribution in [-0.4, -0.2) is 22.7 Å². The first-order valence-electron chi connectivity index (χ1n) is 6.88. The normalized spacial score (nSPS) is 10.4. The van der Waals surface area contributed by atoms with Gasteiger partial charge < -0.3 is 14.5 Å². The van der Waals surface area contributed by atoms with E-state index in [1.807, 2.05) is 30.3 Å². The number of nitrogens with zero attached hydrogens (tertiary/aromatic N) is 2. The molecular weight excluding hydrogens is 398 g/mol. The number of amides is 1. The molecule has 6 nitrogen and oxygen atoms in total. The molecule has 1 amide bonds. The van der Waals surface area contributed by atoms with E-state index < -0.39 is 5.91 Å². The van der Waals surface area contributed by atoms with Crippen LogP contribution in [0.4, 0.5) is 5.69 Å². The summed E-state index contributed by atoms with van der Waals surface area (Å²) < 4.78 is 11.4. The molecule has 0 aliphatic rings. The maximum absolute atomic E-state index is 11.9. The topological polar surface area (TPSA) is 77.2 Å².